The first-order valence-electron chi connectivity index (χ1n) is 7.93. The maximum absolute atomic E-state index is 12.1. The molecular weight excluding hydrogens is 308 g/mol. The van der Waals surface area contributed by atoms with Gasteiger partial charge in [-0.3, -0.25) is 9.69 Å². The van der Waals surface area contributed by atoms with Crippen LogP contribution >= 0.6 is 11.3 Å². The number of hydrogen-bond donors (Lipinski definition) is 2. The summed E-state index contributed by atoms with van der Waals surface area (Å²) < 4.78 is 0. The van der Waals surface area contributed by atoms with Crippen molar-refractivity contribution in [2.45, 2.75) is 25.9 Å². The van der Waals surface area contributed by atoms with Crippen molar-refractivity contribution in [2.24, 2.45) is 0 Å². The van der Waals surface area contributed by atoms with Crippen LogP contribution in [0.1, 0.15) is 17.6 Å². The van der Waals surface area contributed by atoms with Crippen molar-refractivity contribution < 1.29 is 4.79 Å². The van der Waals surface area contributed by atoms with E-state index in [9.17, 15) is 4.79 Å². The Hall–Kier alpha value is -1.76. The molecule has 1 aliphatic heterocycles. The zero-order valence-corrected chi connectivity index (χ0v) is 14.1. The standard InChI is InChI=1S/C17H22N4OS/c1-13-10-18-7-8-21(13)11-15-12-23-17(20-15)9-16(22)19-14-5-3-2-4-6-14/h2-6,12-13,18H,7-11H2,1H3,(H,19,22)/t13-/m0/s1. The summed E-state index contributed by atoms with van der Waals surface area (Å²) in [4.78, 5) is 19.1. The second-order valence-electron chi connectivity index (χ2n) is 5.85. The van der Waals surface area contributed by atoms with Gasteiger partial charge in [0.05, 0.1) is 12.1 Å². The zero-order chi connectivity index (χ0) is 16.1. The minimum absolute atomic E-state index is 0.0207. The summed E-state index contributed by atoms with van der Waals surface area (Å²) >= 11 is 1.56. The molecule has 1 saturated heterocycles. The van der Waals surface area contributed by atoms with Crippen LogP contribution in [0.2, 0.25) is 0 Å². The van der Waals surface area contributed by atoms with Gasteiger partial charge in [-0.25, -0.2) is 4.98 Å². The molecule has 1 fully saturated rings. The molecule has 2 N–H and O–H groups in total. The predicted octanol–water partition coefficient (Wildman–Crippen LogP) is 2.12. The molecule has 1 aliphatic rings. The van der Waals surface area contributed by atoms with Crippen LogP contribution in [-0.4, -0.2) is 41.5 Å². The minimum Gasteiger partial charge on any atom is -0.326 e. The molecule has 0 aliphatic carbocycles. The molecule has 6 heteroatoms. The molecule has 0 saturated carbocycles. The number of nitrogens with zero attached hydrogens (tertiary/aromatic N) is 2. The van der Waals surface area contributed by atoms with E-state index >= 15 is 0 Å². The van der Waals surface area contributed by atoms with Gasteiger partial charge in [0.1, 0.15) is 5.01 Å². The topological polar surface area (TPSA) is 57.3 Å². The monoisotopic (exact) mass is 330 g/mol. The third-order valence-corrected chi connectivity index (χ3v) is 4.87. The van der Waals surface area contributed by atoms with Crippen LogP contribution in [-0.2, 0) is 17.8 Å². The smallest absolute Gasteiger partial charge is 0.231 e. The average molecular weight is 330 g/mol. The lowest BCUT2D eigenvalue weighted by Gasteiger charge is -2.33. The fraction of sp³-hybridized carbons (Fsp3) is 0.412. The number of para-hydroxylation sites is 1. The molecule has 2 heterocycles. The number of carbonyl (C=O) groups is 1. The maximum Gasteiger partial charge on any atom is 0.231 e. The Labute approximate surface area is 140 Å². The van der Waals surface area contributed by atoms with E-state index in [0.717, 1.165) is 42.6 Å². The number of piperazine rings is 1. The van der Waals surface area contributed by atoms with Crippen LogP contribution in [0.3, 0.4) is 0 Å². The summed E-state index contributed by atoms with van der Waals surface area (Å²) in [6, 6.07) is 10.0. The Bertz CT molecular complexity index is 643. The van der Waals surface area contributed by atoms with Crippen LogP contribution in [0.4, 0.5) is 5.69 Å². The molecule has 5 nitrogen and oxygen atoms in total. The second kappa shape index (κ2) is 7.68. The molecule has 2 aromatic rings. The first-order chi connectivity index (χ1) is 11.2. The van der Waals surface area contributed by atoms with Gasteiger partial charge in [-0.15, -0.1) is 11.3 Å². The predicted molar refractivity (Wildman–Crippen MR) is 93.6 cm³/mol. The summed E-state index contributed by atoms with van der Waals surface area (Å²) in [5.74, 6) is -0.0207. The molecule has 0 unspecified atom stereocenters. The number of thiazole rings is 1. The Balaban J connectivity index is 1.53. The van der Waals surface area contributed by atoms with Crippen molar-refractivity contribution in [1.29, 1.82) is 0 Å². The molecular formula is C17H22N4OS. The molecule has 1 aromatic carbocycles. The van der Waals surface area contributed by atoms with Gasteiger partial charge in [-0.05, 0) is 19.1 Å². The molecule has 0 bridgehead atoms. The molecule has 1 atom stereocenters. The Morgan fingerprint density at radius 1 is 1.43 bits per heavy atom. The Morgan fingerprint density at radius 2 is 2.26 bits per heavy atom. The van der Waals surface area contributed by atoms with Crippen molar-refractivity contribution >= 4 is 22.9 Å². The molecule has 122 valence electrons. The Kier molecular flexibility index (Phi) is 5.38. The van der Waals surface area contributed by atoms with Gasteiger partial charge in [0.25, 0.3) is 0 Å². The zero-order valence-electron chi connectivity index (χ0n) is 13.3. The number of hydrogen-bond acceptors (Lipinski definition) is 5. The lowest BCUT2D eigenvalue weighted by atomic mass is 10.2. The summed E-state index contributed by atoms with van der Waals surface area (Å²) in [5.41, 5.74) is 1.88. The van der Waals surface area contributed by atoms with Crippen LogP contribution in [0.5, 0.6) is 0 Å². The van der Waals surface area contributed by atoms with E-state index in [1.54, 1.807) is 11.3 Å². The van der Waals surface area contributed by atoms with Crippen LogP contribution < -0.4 is 10.6 Å². The van der Waals surface area contributed by atoms with E-state index in [2.05, 4.69) is 32.8 Å². The third kappa shape index (κ3) is 4.60. The summed E-state index contributed by atoms with van der Waals surface area (Å²) in [7, 11) is 0. The molecule has 1 amide bonds. The van der Waals surface area contributed by atoms with Gasteiger partial charge in [0.2, 0.25) is 5.91 Å². The van der Waals surface area contributed by atoms with Crippen molar-refractivity contribution in [3.05, 3.63) is 46.4 Å². The molecule has 1 aromatic heterocycles. The van der Waals surface area contributed by atoms with Gasteiger partial charge in [0, 0.05) is 43.3 Å². The number of carbonyl (C=O) groups excluding carboxylic acids is 1. The quantitative estimate of drug-likeness (QED) is 0.882. The highest BCUT2D eigenvalue weighted by molar-refractivity contribution is 7.09. The van der Waals surface area contributed by atoms with Gasteiger partial charge >= 0.3 is 0 Å². The van der Waals surface area contributed by atoms with Gasteiger partial charge < -0.3 is 10.6 Å². The van der Waals surface area contributed by atoms with Crippen LogP contribution in [0, 0.1) is 0 Å². The summed E-state index contributed by atoms with van der Waals surface area (Å²) in [5, 5.41) is 9.23. The fourth-order valence-corrected chi connectivity index (χ4v) is 3.48. The van der Waals surface area contributed by atoms with E-state index in [-0.39, 0.29) is 5.91 Å². The number of anilines is 1. The summed E-state index contributed by atoms with van der Waals surface area (Å²) in [6.07, 6.45) is 0.330. The Morgan fingerprint density at radius 3 is 3.04 bits per heavy atom. The molecule has 23 heavy (non-hydrogen) atoms. The van der Waals surface area contributed by atoms with E-state index in [1.165, 1.54) is 0 Å². The number of aromatic nitrogens is 1. The highest BCUT2D eigenvalue weighted by Crippen LogP contribution is 2.15. The number of nitrogens with one attached hydrogen (secondary N) is 2. The first kappa shape index (κ1) is 16.1. The number of benzene rings is 1. The van der Waals surface area contributed by atoms with E-state index in [4.69, 9.17) is 0 Å². The highest BCUT2D eigenvalue weighted by atomic mass is 32.1. The van der Waals surface area contributed by atoms with Crippen molar-refractivity contribution in [3.8, 4) is 0 Å². The number of amides is 1. The first-order valence-corrected chi connectivity index (χ1v) is 8.81. The third-order valence-electron chi connectivity index (χ3n) is 3.97. The largest absolute Gasteiger partial charge is 0.326 e. The van der Waals surface area contributed by atoms with E-state index in [1.807, 2.05) is 30.3 Å². The summed E-state index contributed by atoms with van der Waals surface area (Å²) in [6.45, 7) is 6.19. The van der Waals surface area contributed by atoms with Gasteiger partial charge in [-0.2, -0.15) is 0 Å². The van der Waals surface area contributed by atoms with Crippen molar-refractivity contribution in [2.75, 3.05) is 25.0 Å². The molecule has 0 spiro atoms. The van der Waals surface area contributed by atoms with Crippen LogP contribution in [0.15, 0.2) is 35.7 Å². The van der Waals surface area contributed by atoms with Gasteiger partial charge in [0.15, 0.2) is 0 Å². The molecule has 3 rings (SSSR count). The lowest BCUT2D eigenvalue weighted by molar-refractivity contribution is -0.115. The lowest BCUT2D eigenvalue weighted by Crippen LogP contribution is -2.49. The molecule has 0 radical (unpaired) electrons. The van der Waals surface area contributed by atoms with Crippen LogP contribution in [0.25, 0.3) is 0 Å². The second-order valence-corrected chi connectivity index (χ2v) is 6.79. The maximum atomic E-state index is 12.1. The van der Waals surface area contributed by atoms with E-state index < -0.39 is 0 Å². The average Bonchev–Trinajstić information content (AvgIpc) is 2.97. The number of rotatable bonds is 5. The van der Waals surface area contributed by atoms with Crippen molar-refractivity contribution in [3.63, 3.8) is 0 Å². The van der Waals surface area contributed by atoms with Crippen molar-refractivity contribution in [1.82, 2.24) is 15.2 Å². The minimum atomic E-state index is -0.0207. The van der Waals surface area contributed by atoms with E-state index in [0.29, 0.717) is 12.5 Å². The normalized spacial score (nSPS) is 18.7. The fourth-order valence-electron chi connectivity index (χ4n) is 2.69. The SMILES string of the molecule is C[C@H]1CNCCN1Cc1csc(CC(=O)Nc2ccccc2)n1. The highest BCUT2D eigenvalue weighted by Gasteiger charge is 2.19. The van der Waals surface area contributed by atoms with Gasteiger partial charge in [-0.1, -0.05) is 18.2 Å².